The molecule has 1 saturated heterocycles. The van der Waals surface area contributed by atoms with Crippen molar-refractivity contribution in [3.8, 4) is 11.5 Å². The standard InChI is InChI=1S/C25H34FN3O3.HI/c1-27-25(29-16-13-22(14-17-29)31-19-3-18-30-2)28-15-12-20-4-8-23(9-5-20)32-24-10-6-21(26)7-11-24;/h4-11,22H,3,12-19H2,1-2H3,(H,27,28);1H. The van der Waals surface area contributed by atoms with E-state index in [1.54, 1.807) is 19.2 Å². The second-order valence-corrected chi connectivity index (χ2v) is 7.83. The lowest BCUT2D eigenvalue weighted by atomic mass is 10.1. The van der Waals surface area contributed by atoms with Crippen molar-refractivity contribution in [1.82, 2.24) is 10.2 Å². The van der Waals surface area contributed by atoms with Gasteiger partial charge in [-0.25, -0.2) is 4.39 Å². The minimum atomic E-state index is -0.272. The number of piperidine rings is 1. The number of ether oxygens (including phenoxy) is 3. The number of likely N-dealkylation sites (tertiary alicyclic amines) is 1. The Morgan fingerprint density at radius 1 is 1.03 bits per heavy atom. The molecule has 0 aromatic heterocycles. The Morgan fingerprint density at radius 2 is 1.67 bits per heavy atom. The first-order valence-electron chi connectivity index (χ1n) is 11.3. The van der Waals surface area contributed by atoms with Crippen LogP contribution in [-0.2, 0) is 15.9 Å². The zero-order valence-corrected chi connectivity index (χ0v) is 21.8. The number of aliphatic imine (C=N–C) groups is 1. The molecular weight excluding hydrogens is 536 g/mol. The maximum absolute atomic E-state index is 13.0. The summed E-state index contributed by atoms with van der Waals surface area (Å²) in [5.74, 6) is 2.02. The molecule has 1 fully saturated rings. The Bertz CT molecular complexity index is 826. The average molecular weight is 571 g/mol. The third-order valence-corrected chi connectivity index (χ3v) is 5.47. The molecule has 1 N–H and O–H groups in total. The molecule has 0 saturated carbocycles. The Labute approximate surface area is 213 Å². The lowest BCUT2D eigenvalue weighted by molar-refractivity contribution is 0.00992. The Kier molecular flexibility index (Phi) is 12.5. The molecule has 3 rings (SSSR count). The van der Waals surface area contributed by atoms with Crippen molar-refractivity contribution in [2.45, 2.75) is 31.8 Å². The van der Waals surface area contributed by atoms with Crippen LogP contribution in [-0.4, -0.2) is 64.0 Å². The smallest absolute Gasteiger partial charge is 0.193 e. The van der Waals surface area contributed by atoms with Crippen LogP contribution in [0.4, 0.5) is 4.39 Å². The number of benzene rings is 2. The van der Waals surface area contributed by atoms with Gasteiger partial charge in [-0.05, 0) is 67.6 Å². The molecule has 0 amide bonds. The van der Waals surface area contributed by atoms with Crippen LogP contribution in [0.1, 0.15) is 24.8 Å². The van der Waals surface area contributed by atoms with Crippen LogP contribution in [0.2, 0.25) is 0 Å². The monoisotopic (exact) mass is 571 g/mol. The molecule has 1 aliphatic rings. The predicted octanol–water partition coefficient (Wildman–Crippen LogP) is 4.87. The van der Waals surface area contributed by atoms with Gasteiger partial charge in [0.15, 0.2) is 5.96 Å². The van der Waals surface area contributed by atoms with E-state index in [1.165, 1.54) is 17.7 Å². The Hall–Kier alpha value is -1.91. The molecular formula is C25H35FIN3O3. The summed E-state index contributed by atoms with van der Waals surface area (Å²) in [6, 6.07) is 14.0. The maximum atomic E-state index is 13.0. The van der Waals surface area contributed by atoms with Crippen LogP contribution in [0.3, 0.4) is 0 Å². The molecule has 0 bridgehead atoms. The summed E-state index contributed by atoms with van der Waals surface area (Å²) in [5.41, 5.74) is 1.21. The van der Waals surface area contributed by atoms with E-state index in [2.05, 4.69) is 27.3 Å². The highest BCUT2D eigenvalue weighted by Crippen LogP contribution is 2.22. The fraction of sp³-hybridized carbons (Fsp3) is 0.480. The third-order valence-electron chi connectivity index (χ3n) is 5.47. The highest BCUT2D eigenvalue weighted by atomic mass is 127. The van der Waals surface area contributed by atoms with Gasteiger partial charge in [0.25, 0.3) is 0 Å². The van der Waals surface area contributed by atoms with Crippen molar-refractivity contribution in [3.05, 3.63) is 59.9 Å². The van der Waals surface area contributed by atoms with Crippen molar-refractivity contribution in [3.63, 3.8) is 0 Å². The van der Waals surface area contributed by atoms with E-state index in [0.717, 1.165) is 70.2 Å². The number of methoxy groups -OCH3 is 1. The number of hydrogen-bond donors (Lipinski definition) is 1. The van der Waals surface area contributed by atoms with Gasteiger partial charge in [-0.2, -0.15) is 0 Å². The second kappa shape index (κ2) is 15.1. The van der Waals surface area contributed by atoms with Crippen LogP contribution in [0.5, 0.6) is 11.5 Å². The quantitative estimate of drug-likeness (QED) is 0.191. The van der Waals surface area contributed by atoms with E-state index in [-0.39, 0.29) is 29.8 Å². The van der Waals surface area contributed by atoms with E-state index in [9.17, 15) is 4.39 Å². The van der Waals surface area contributed by atoms with Crippen molar-refractivity contribution in [2.75, 3.05) is 47.0 Å². The molecule has 6 nitrogen and oxygen atoms in total. The lowest BCUT2D eigenvalue weighted by Crippen LogP contribution is -2.47. The van der Waals surface area contributed by atoms with Gasteiger partial charge < -0.3 is 24.4 Å². The molecule has 0 spiro atoms. The van der Waals surface area contributed by atoms with Crippen LogP contribution in [0.25, 0.3) is 0 Å². The van der Waals surface area contributed by atoms with E-state index in [0.29, 0.717) is 11.9 Å². The number of guanidine groups is 1. The van der Waals surface area contributed by atoms with Crippen LogP contribution < -0.4 is 10.1 Å². The first-order valence-corrected chi connectivity index (χ1v) is 11.3. The maximum Gasteiger partial charge on any atom is 0.193 e. The summed E-state index contributed by atoms with van der Waals surface area (Å²) in [7, 11) is 3.55. The van der Waals surface area contributed by atoms with Gasteiger partial charge in [0.2, 0.25) is 0 Å². The average Bonchev–Trinajstić information content (AvgIpc) is 2.83. The third kappa shape index (κ3) is 9.46. The highest BCUT2D eigenvalue weighted by Gasteiger charge is 2.21. The van der Waals surface area contributed by atoms with Gasteiger partial charge in [-0.3, -0.25) is 4.99 Å². The topological polar surface area (TPSA) is 55.3 Å². The fourth-order valence-electron chi connectivity index (χ4n) is 3.70. The summed E-state index contributed by atoms with van der Waals surface area (Å²) >= 11 is 0. The molecule has 0 atom stereocenters. The number of nitrogens with one attached hydrogen (secondary N) is 1. The number of halogens is 2. The van der Waals surface area contributed by atoms with Crippen LogP contribution in [0, 0.1) is 5.82 Å². The van der Waals surface area contributed by atoms with Gasteiger partial charge in [-0.1, -0.05) is 12.1 Å². The van der Waals surface area contributed by atoms with Gasteiger partial charge >= 0.3 is 0 Å². The van der Waals surface area contributed by atoms with Gasteiger partial charge in [0.1, 0.15) is 17.3 Å². The molecule has 1 heterocycles. The largest absolute Gasteiger partial charge is 0.457 e. The molecule has 33 heavy (non-hydrogen) atoms. The van der Waals surface area contributed by atoms with Gasteiger partial charge in [0.05, 0.1) is 6.10 Å². The molecule has 2 aromatic carbocycles. The molecule has 1 aliphatic heterocycles. The van der Waals surface area contributed by atoms with Crippen LogP contribution in [0.15, 0.2) is 53.5 Å². The highest BCUT2D eigenvalue weighted by molar-refractivity contribution is 14.0. The summed E-state index contributed by atoms with van der Waals surface area (Å²) < 4.78 is 29.8. The van der Waals surface area contributed by atoms with Gasteiger partial charge in [0, 0.05) is 47.0 Å². The second-order valence-electron chi connectivity index (χ2n) is 7.83. The summed E-state index contributed by atoms with van der Waals surface area (Å²) in [6.07, 6.45) is 4.19. The lowest BCUT2D eigenvalue weighted by Gasteiger charge is -2.34. The number of nitrogens with zero attached hydrogens (tertiary/aromatic N) is 2. The van der Waals surface area contributed by atoms with Crippen molar-refractivity contribution < 1.29 is 18.6 Å². The van der Waals surface area contributed by atoms with Crippen molar-refractivity contribution >= 4 is 29.9 Å². The zero-order valence-electron chi connectivity index (χ0n) is 19.5. The minimum Gasteiger partial charge on any atom is -0.457 e. The van der Waals surface area contributed by atoms with Gasteiger partial charge in [-0.15, -0.1) is 24.0 Å². The molecule has 2 aromatic rings. The fourth-order valence-corrected chi connectivity index (χ4v) is 3.70. The van der Waals surface area contributed by atoms with Crippen molar-refractivity contribution in [1.29, 1.82) is 0 Å². The number of hydrogen-bond acceptors (Lipinski definition) is 4. The van der Waals surface area contributed by atoms with E-state index in [4.69, 9.17) is 14.2 Å². The Balaban J connectivity index is 0.00000385. The number of rotatable bonds is 10. The Morgan fingerprint density at radius 3 is 2.27 bits per heavy atom. The SMILES string of the molecule is CN=C(NCCc1ccc(Oc2ccc(F)cc2)cc1)N1CCC(OCCCOC)CC1.I. The molecule has 0 unspecified atom stereocenters. The molecule has 8 heteroatoms. The van der Waals surface area contributed by atoms with E-state index < -0.39 is 0 Å². The molecule has 182 valence electrons. The first-order chi connectivity index (χ1) is 15.7. The summed E-state index contributed by atoms with van der Waals surface area (Å²) in [5, 5.41) is 3.47. The zero-order chi connectivity index (χ0) is 22.6. The predicted molar refractivity (Wildman–Crippen MR) is 140 cm³/mol. The van der Waals surface area contributed by atoms with E-state index >= 15 is 0 Å². The normalized spacial score (nSPS) is 14.6. The summed E-state index contributed by atoms with van der Waals surface area (Å²) in [4.78, 5) is 6.75. The first kappa shape index (κ1) is 27.3. The van der Waals surface area contributed by atoms with Crippen LogP contribution >= 0.6 is 24.0 Å². The minimum absolute atomic E-state index is 0. The van der Waals surface area contributed by atoms with Crippen molar-refractivity contribution in [2.24, 2.45) is 4.99 Å². The molecule has 0 aliphatic carbocycles. The van der Waals surface area contributed by atoms with E-state index in [1.807, 2.05) is 19.2 Å². The summed E-state index contributed by atoms with van der Waals surface area (Å²) in [6.45, 7) is 4.21. The molecule has 0 radical (unpaired) electrons.